The van der Waals surface area contributed by atoms with Gasteiger partial charge in [-0.2, -0.15) is 0 Å². The zero-order chi connectivity index (χ0) is 19.3. The quantitative estimate of drug-likeness (QED) is 0.802. The molecule has 146 valence electrons. The lowest BCUT2D eigenvalue weighted by atomic mass is 10.1. The fourth-order valence-corrected chi connectivity index (χ4v) is 3.66. The van der Waals surface area contributed by atoms with Gasteiger partial charge in [0, 0.05) is 19.6 Å². The zero-order valence-corrected chi connectivity index (χ0v) is 16.4. The third-order valence-corrected chi connectivity index (χ3v) is 5.27. The van der Waals surface area contributed by atoms with E-state index in [2.05, 4.69) is 5.32 Å². The molecule has 0 aromatic heterocycles. The van der Waals surface area contributed by atoms with Gasteiger partial charge >= 0.3 is 0 Å². The molecule has 4 rings (SSSR count). The Bertz CT molecular complexity index is 840. The lowest BCUT2D eigenvalue weighted by Gasteiger charge is -2.38. The predicted molar refractivity (Wildman–Crippen MR) is 111 cm³/mol. The third kappa shape index (κ3) is 4.10. The average Bonchev–Trinajstić information content (AvgIpc) is 2.77. The van der Waals surface area contributed by atoms with Crippen LogP contribution in [0.2, 0.25) is 0 Å². The Kier molecular flexibility index (Phi) is 5.73. The number of amides is 1. The minimum absolute atomic E-state index is 0.0198. The predicted octanol–water partition coefficient (Wildman–Crippen LogP) is 2.19. The van der Waals surface area contributed by atoms with Crippen LogP contribution in [0.4, 0.5) is 5.69 Å². The molecule has 2 heterocycles. The van der Waals surface area contributed by atoms with Crippen LogP contribution in [-0.4, -0.2) is 54.9 Å². The molecule has 0 aliphatic carbocycles. The molecule has 1 atom stereocenters. The number of morpholine rings is 1. The molecule has 6 nitrogen and oxygen atoms in total. The van der Waals surface area contributed by atoms with E-state index in [0.29, 0.717) is 50.3 Å². The summed E-state index contributed by atoms with van der Waals surface area (Å²) >= 11 is 5.66. The second-order valence-electron chi connectivity index (χ2n) is 6.77. The topological polar surface area (TPSA) is 54.0 Å². The van der Waals surface area contributed by atoms with Crippen molar-refractivity contribution in [1.29, 1.82) is 0 Å². The van der Waals surface area contributed by atoms with Crippen LogP contribution in [0, 0.1) is 0 Å². The number of para-hydroxylation sites is 2. The molecule has 2 aliphatic heterocycles. The number of fused-ring (bicyclic) bond motifs is 1. The van der Waals surface area contributed by atoms with Crippen molar-refractivity contribution in [2.75, 3.05) is 37.7 Å². The summed E-state index contributed by atoms with van der Waals surface area (Å²) < 4.78 is 11.4. The number of benzene rings is 2. The summed E-state index contributed by atoms with van der Waals surface area (Å²) in [6, 6.07) is 17.8. The van der Waals surface area contributed by atoms with E-state index in [0.717, 1.165) is 11.3 Å². The van der Waals surface area contributed by atoms with E-state index in [-0.39, 0.29) is 5.91 Å². The van der Waals surface area contributed by atoms with E-state index in [4.69, 9.17) is 21.7 Å². The number of carbonyl (C=O) groups is 1. The summed E-state index contributed by atoms with van der Waals surface area (Å²) in [6.45, 7) is 3.33. The molecule has 2 aromatic rings. The fraction of sp³-hybridized carbons (Fsp3) is 0.333. The van der Waals surface area contributed by atoms with Crippen molar-refractivity contribution in [1.82, 2.24) is 10.2 Å². The van der Waals surface area contributed by atoms with Gasteiger partial charge in [-0.1, -0.05) is 42.5 Å². The lowest BCUT2D eigenvalue weighted by molar-refractivity contribution is -0.142. The fourth-order valence-electron chi connectivity index (χ4n) is 3.41. The average molecular weight is 398 g/mol. The summed E-state index contributed by atoms with van der Waals surface area (Å²) in [5, 5.41) is 3.89. The van der Waals surface area contributed by atoms with E-state index in [1.54, 1.807) is 4.90 Å². The Morgan fingerprint density at radius 2 is 1.79 bits per heavy atom. The number of hydrogen-bond donors (Lipinski definition) is 1. The van der Waals surface area contributed by atoms with Gasteiger partial charge < -0.3 is 24.6 Å². The van der Waals surface area contributed by atoms with Crippen molar-refractivity contribution in [3.8, 4) is 5.75 Å². The summed E-state index contributed by atoms with van der Waals surface area (Å²) in [7, 11) is 0. The largest absolute Gasteiger partial charge is 0.476 e. The normalized spacial score (nSPS) is 18.8. The molecule has 1 saturated heterocycles. The van der Waals surface area contributed by atoms with Crippen LogP contribution in [-0.2, 0) is 16.1 Å². The van der Waals surface area contributed by atoms with Gasteiger partial charge in [-0.15, -0.1) is 0 Å². The van der Waals surface area contributed by atoms with Gasteiger partial charge in [0.1, 0.15) is 5.75 Å². The van der Waals surface area contributed by atoms with E-state index in [1.165, 1.54) is 0 Å². The van der Waals surface area contributed by atoms with Gasteiger partial charge in [-0.3, -0.25) is 4.79 Å². The van der Waals surface area contributed by atoms with Gasteiger partial charge in [-0.25, -0.2) is 0 Å². The highest BCUT2D eigenvalue weighted by Crippen LogP contribution is 2.33. The Morgan fingerprint density at radius 3 is 2.57 bits per heavy atom. The van der Waals surface area contributed by atoms with Crippen LogP contribution >= 0.6 is 12.2 Å². The number of rotatable bonds is 3. The van der Waals surface area contributed by atoms with E-state index < -0.39 is 6.10 Å². The molecule has 2 aromatic carbocycles. The summed E-state index contributed by atoms with van der Waals surface area (Å²) in [4.78, 5) is 16.7. The second kappa shape index (κ2) is 8.58. The molecule has 28 heavy (non-hydrogen) atoms. The van der Waals surface area contributed by atoms with Gasteiger partial charge in [0.25, 0.3) is 5.91 Å². The molecule has 1 fully saturated rings. The maximum atomic E-state index is 13.0. The zero-order valence-electron chi connectivity index (χ0n) is 15.5. The van der Waals surface area contributed by atoms with E-state index in [1.807, 2.05) is 59.5 Å². The summed E-state index contributed by atoms with van der Waals surface area (Å²) in [5.41, 5.74) is 2.02. The van der Waals surface area contributed by atoms with Crippen molar-refractivity contribution in [3.63, 3.8) is 0 Å². The minimum Gasteiger partial charge on any atom is -0.476 e. The van der Waals surface area contributed by atoms with Gasteiger partial charge in [-0.05, 0) is 29.9 Å². The maximum absolute atomic E-state index is 13.0. The highest BCUT2D eigenvalue weighted by Gasteiger charge is 2.35. The number of nitrogens with one attached hydrogen (secondary N) is 1. The van der Waals surface area contributed by atoms with E-state index >= 15 is 0 Å². The van der Waals surface area contributed by atoms with Crippen LogP contribution in [0.15, 0.2) is 54.6 Å². The minimum atomic E-state index is -0.593. The van der Waals surface area contributed by atoms with Crippen LogP contribution < -0.4 is 15.0 Å². The standard InChI is InChI=1S/C21H23N3O3S/c25-20(23-10-12-26-13-11-23)19-15-24(17-8-4-5-9-18(17)27-19)21(28)22-14-16-6-2-1-3-7-16/h1-9,19H,10-15H2,(H,22,28)/t19-/m1/s1. The van der Waals surface area contributed by atoms with Crippen LogP contribution in [0.5, 0.6) is 5.75 Å². The second-order valence-corrected chi connectivity index (χ2v) is 7.15. The molecule has 0 radical (unpaired) electrons. The number of hydrogen-bond acceptors (Lipinski definition) is 4. The molecular formula is C21H23N3O3S. The monoisotopic (exact) mass is 397 g/mol. The maximum Gasteiger partial charge on any atom is 0.265 e. The molecule has 2 aliphatic rings. The smallest absolute Gasteiger partial charge is 0.265 e. The summed E-state index contributed by atoms with van der Waals surface area (Å²) in [6.07, 6.45) is -0.593. The Morgan fingerprint density at radius 1 is 1.07 bits per heavy atom. The first-order valence-electron chi connectivity index (χ1n) is 9.44. The highest BCUT2D eigenvalue weighted by molar-refractivity contribution is 7.80. The van der Waals surface area contributed by atoms with Crippen molar-refractivity contribution >= 4 is 28.9 Å². The van der Waals surface area contributed by atoms with Gasteiger partial charge in [0.15, 0.2) is 11.2 Å². The Balaban J connectivity index is 1.50. The lowest BCUT2D eigenvalue weighted by Crippen LogP contribution is -2.55. The number of ether oxygens (including phenoxy) is 2. The number of thiocarbonyl (C=S) groups is 1. The first kappa shape index (κ1) is 18.7. The third-order valence-electron chi connectivity index (χ3n) is 4.90. The Labute approximate surface area is 170 Å². The number of anilines is 1. The van der Waals surface area contributed by atoms with Crippen molar-refractivity contribution in [2.24, 2.45) is 0 Å². The van der Waals surface area contributed by atoms with Crippen LogP contribution in [0.1, 0.15) is 5.56 Å². The van der Waals surface area contributed by atoms with Crippen molar-refractivity contribution < 1.29 is 14.3 Å². The van der Waals surface area contributed by atoms with Crippen LogP contribution in [0.25, 0.3) is 0 Å². The first-order chi connectivity index (χ1) is 13.7. The highest BCUT2D eigenvalue weighted by atomic mass is 32.1. The SMILES string of the molecule is O=C([C@H]1CN(C(=S)NCc2ccccc2)c2ccccc2O1)N1CCOCC1. The number of nitrogens with zero attached hydrogens (tertiary/aromatic N) is 2. The molecule has 1 amide bonds. The molecule has 7 heteroatoms. The van der Waals surface area contributed by atoms with Crippen LogP contribution in [0.3, 0.4) is 0 Å². The first-order valence-corrected chi connectivity index (χ1v) is 9.85. The molecule has 0 bridgehead atoms. The van der Waals surface area contributed by atoms with Gasteiger partial charge in [0.05, 0.1) is 25.4 Å². The number of carbonyl (C=O) groups excluding carboxylic acids is 1. The molecule has 1 N–H and O–H groups in total. The molecule has 0 unspecified atom stereocenters. The molecule has 0 spiro atoms. The van der Waals surface area contributed by atoms with Crippen molar-refractivity contribution in [2.45, 2.75) is 12.6 Å². The summed E-state index contributed by atoms with van der Waals surface area (Å²) in [5.74, 6) is 0.651. The van der Waals surface area contributed by atoms with E-state index in [9.17, 15) is 4.79 Å². The van der Waals surface area contributed by atoms with Crippen molar-refractivity contribution in [3.05, 3.63) is 60.2 Å². The molecular weight excluding hydrogens is 374 g/mol. The molecule has 0 saturated carbocycles. The Hall–Kier alpha value is -2.64. The van der Waals surface area contributed by atoms with Gasteiger partial charge in [0.2, 0.25) is 0 Å².